The maximum Gasteiger partial charge on any atom is 0.271 e. The van der Waals surface area contributed by atoms with Crippen LogP contribution in [0.5, 0.6) is 0 Å². The second-order valence-corrected chi connectivity index (χ2v) is 12.8. The highest BCUT2D eigenvalue weighted by Gasteiger charge is 2.35. The van der Waals surface area contributed by atoms with Gasteiger partial charge in [0.15, 0.2) is 0 Å². The van der Waals surface area contributed by atoms with Gasteiger partial charge in [-0.25, -0.2) is 8.42 Å². The molecule has 0 saturated heterocycles. The fourth-order valence-corrected chi connectivity index (χ4v) is 6.50. The zero-order valence-corrected chi connectivity index (χ0v) is 26.9. The van der Waals surface area contributed by atoms with Crippen molar-refractivity contribution >= 4 is 44.8 Å². The van der Waals surface area contributed by atoms with Crippen LogP contribution in [0, 0.1) is 10.1 Å². The minimum absolute atomic E-state index is 0.0731. The summed E-state index contributed by atoms with van der Waals surface area (Å²) in [5.74, 6) is -1.09. The summed E-state index contributed by atoms with van der Waals surface area (Å²) in [5.41, 5.74) is 0.937. The molecule has 4 rings (SSSR count). The van der Waals surface area contributed by atoms with Crippen molar-refractivity contribution in [3.05, 3.63) is 135 Å². The minimum atomic E-state index is -4.39. The van der Waals surface area contributed by atoms with Gasteiger partial charge >= 0.3 is 0 Å². The van der Waals surface area contributed by atoms with Gasteiger partial charge in [-0.15, -0.1) is 0 Å². The minimum Gasteiger partial charge on any atom is -0.354 e. The number of halogens is 1. The van der Waals surface area contributed by atoms with E-state index < -0.39 is 39.3 Å². The molecule has 0 radical (unpaired) electrons. The number of non-ortho nitro benzene ring substituents is 1. The van der Waals surface area contributed by atoms with Crippen LogP contribution in [-0.2, 0) is 32.6 Å². The number of rotatable bonds is 15. The van der Waals surface area contributed by atoms with Crippen molar-refractivity contribution in [2.24, 2.45) is 0 Å². The summed E-state index contributed by atoms with van der Waals surface area (Å²) in [6, 6.07) is 27.6. The number of benzene rings is 4. The molecule has 46 heavy (non-hydrogen) atoms. The molecule has 10 nitrogen and oxygen atoms in total. The first-order chi connectivity index (χ1) is 22.1. The summed E-state index contributed by atoms with van der Waals surface area (Å²) in [6.07, 6.45) is 1.73. The highest BCUT2D eigenvalue weighted by molar-refractivity contribution is 7.92. The Kier molecular flexibility index (Phi) is 11.9. The molecule has 240 valence electrons. The maximum atomic E-state index is 14.5. The summed E-state index contributed by atoms with van der Waals surface area (Å²) >= 11 is 6.51. The molecule has 0 aliphatic heterocycles. The van der Waals surface area contributed by atoms with Crippen molar-refractivity contribution in [2.75, 3.05) is 17.4 Å². The van der Waals surface area contributed by atoms with E-state index in [1.807, 2.05) is 37.3 Å². The Morgan fingerprint density at radius 1 is 0.913 bits per heavy atom. The Hall–Kier alpha value is -4.74. The number of unbranched alkanes of at least 4 members (excludes halogenated alkanes) is 1. The third kappa shape index (κ3) is 8.70. The topological polar surface area (TPSA) is 130 Å². The van der Waals surface area contributed by atoms with E-state index in [9.17, 15) is 28.1 Å². The van der Waals surface area contributed by atoms with Crippen LogP contribution in [-0.4, -0.2) is 49.2 Å². The van der Waals surface area contributed by atoms with Gasteiger partial charge in [0.25, 0.3) is 15.7 Å². The van der Waals surface area contributed by atoms with Crippen molar-refractivity contribution in [2.45, 2.75) is 43.7 Å². The highest BCUT2D eigenvalue weighted by atomic mass is 35.5. The summed E-state index contributed by atoms with van der Waals surface area (Å²) in [6.45, 7) is 1.56. The number of amides is 2. The van der Waals surface area contributed by atoms with Gasteiger partial charge in [0.05, 0.1) is 15.5 Å². The second-order valence-electron chi connectivity index (χ2n) is 10.6. The maximum absolute atomic E-state index is 14.5. The van der Waals surface area contributed by atoms with Gasteiger partial charge in [-0.3, -0.25) is 24.0 Å². The van der Waals surface area contributed by atoms with E-state index in [0.717, 1.165) is 28.8 Å². The predicted octanol–water partition coefficient (Wildman–Crippen LogP) is 6.00. The molecular formula is C34H35ClN4O6S. The molecule has 0 heterocycles. The average Bonchev–Trinajstić information content (AvgIpc) is 3.06. The number of anilines is 1. The first-order valence-electron chi connectivity index (χ1n) is 14.8. The first-order valence-corrected chi connectivity index (χ1v) is 16.6. The van der Waals surface area contributed by atoms with Crippen LogP contribution in [0.4, 0.5) is 11.4 Å². The number of nitrogens with one attached hydrogen (secondary N) is 1. The van der Waals surface area contributed by atoms with Crippen LogP contribution in [0.3, 0.4) is 0 Å². The third-order valence-corrected chi connectivity index (χ3v) is 9.49. The molecule has 0 aromatic heterocycles. The Balaban J connectivity index is 1.82. The summed E-state index contributed by atoms with van der Waals surface area (Å²) in [5, 5.41) is 14.9. The SMILES string of the molecule is CCCCNC(=O)[C@H](Cc1ccccc1)N(Cc1ccccc1Cl)C(=O)CN(c1cccc([N+](=O)[O-])c1)S(=O)(=O)c1ccccc1. The lowest BCUT2D eigenvalue weighted by Crippen LogP contribution is -2.53. The van der Waals surface area contributed by atoms with Crippen molar-refractivity contribution in [1.82, 2.24) is 10.2 Å². The normalized spacial score (nSPS) is 11.8. The van der Waals surface area contributed by atoms with Crippen LogP contribution >= 0.6 is 11.6 Å². The molecule has 2 amide bonds. The van der Waals surface area contributed by atoms with Crippen molar-refractivity contribution in [3.63, 3.8) is 0 Å². The van der Waals surface area contributed by atoms with E-state index >= 15 is 0 Å². The number of hydrogen-bond acceptors (Lipinski definition) is 6. The van der Waals surface area contributed by atoms with Crippen LogP contribution in [0.2, 0.25) is 5.02 Å². The predicted molar refractivity (Wildman–Crippen MR) is 178 cm³/mol. The molecule has 1 N–H and O–H groups in total. The number of nitro groups is 1. The van der Waals surface area contributed by atoms with E-state index in [1.165, 1.54) is 35.2 Å². The average molecular weight is 663 g/mol. The van der Waals surface area contributed by atoms with Crippen molar-refractivity contribution in [3.8, 4) is 0 Å². The third-order valence-electron chi connectivity index (χ3n) is 7.34. The zero-order chi connectivity index (χ0) is 33.1. The van der Waals surface area contributed by atoms with Gasteiger partial charge < -0.3 is 10.2 Å². The molecule has 12 heteroatoms. The van der Waals surface area contributed by atoms with E-state index in [-0.39, 0.29) is 29.2 Å². The Morgan fingerprint density at radius 3 is 2.22 bits per heavy atom. The van der Waals surface area contributed by atoms with Crippen LogP contribution in [0.25, 0.3) is 0 Å². The molecule has 0 saturated carbocycles. The van der Waals surface area contributed by atoms with E-state index in [1.54, 1.807) is 42.5 Å². The lowest BCUT2D eigenvalue weighted by atomic mass is 10.0. The number of carbonyl (C=O) groups excluding carboxylic acids is 2. The van der Waals surface area contributed by atoms with Gasteiger partial charge in [0.2, 0.25) is 11.8 Å². The number of nitrogens with zero attached hydrogens (tertiary/aromatic N) is 3. The molecule has 1 atom stereocenters. The molecule has 4 aromatic rings. The standard InChI is InChI=1S/C34H35ClN4O6S/c1-2-3-21-36-34(41)32(22-26-13-6-4-7-14-26)37(24-27-15-10-11-20-31(27)35)33(40)25-38(28-16-12-17-29(23-28)39(42)43)46(44,45)30-18-8-5-9-19-30/h4-20,23,32H,2-3,21-22,24-25H2,1H3,(H,36,41)/t32-/m0/s1. The molecule has 4 aromatic carbocycles. The van der Waals surface area contributed by atoms with Gasteiger partial charge in [0.1, 0.15) is 12.6 Å². The summed E-state index contributed by atoms with van der Waals surface area (Å²) in [7, 11) is -4.39. The molecule has 0 spiro atoms. The van der Waals surface area contributed by atoms with E-state index in [0.29, 0.717) is 17.1 Å². The Bertz CT molecular complexity index is 1760. The van der Waals surface area contributed by atoms with Crippen LogP contribution in [0.15, 0.2) is 114 Å². The number of nitro benzene ring substituents is 1. The smallest absolute Gasteiger partial charge is 0.271 e. The number of sulfonamides is 1. The largest absolute Gasteiger partial charge is 0.354 e. The van der Waals surface area contributed by atoms with Gasteiger partial charge in [0, 0.05) is 36.7 Å². The van der Waals surface area contributed by atoms with Gasteiger partial charge in [-0.2, -0.15) is 0 Å². The lowest BCUT2D eigenvalue weighted by molar-refractivity contribution is -0.384. The monoisotopic (exact) mass is 662 g/mol. The fraction of sp³-hybridized carbons (Fsp3) is 0.235. The van der Waals surface area contributed by atoms with E-state index in [4.69, 9.17) is 11.6 Å². The van der Waals surface area contributed by atoms with Crippen LogP contribution < -0.4 is 9.62 Å². The van der Waals surface area contributed by atoms with Crippen molar-refractivity contribution < 1.29 is 22.9 Å². The molecule has 0 aliphatic carbocycles. The quantitative estimate of drug-likeness (QED) is 0.0944. The molecular weight excluding hydrogens is 628 g/mol. The molecule has 0 bridgehead atoms. The van der Waals surface area contributed by atoms with Crippen LogP contribution in [0.1, 0.15) is 30.9 Å². The molecule has 0 unspecified atom stereocenters. The zero-order valence-electron chi connectivity index (χ0n) is 25.3. The lowest BCUT2D eigenvalue weighted by Gasteiger charge is -2.34. The van der Waals surface area contributed by atoms with Gasteiger partial charge in [-0.05, 0) is 41.8 Å². The number of hydrogen-bond donors (Lipinski definition) is 1. The highest BCUT2D eigenvalue weighted by Crippen LogP contribution is 2.28. The molecule has 0 aliphatic rings. The van der Waals surface area contributed by atoms with Gasteiger partial charge in [-0.1, -0.05) is 97.7 Å². The molecule has 0 fully saturated rings. The summed E-state index contributed by atoms with van der Waals surface area (Å²) < 4.78 is 28.9. The second kappa shape index (κ2) is 16.0. The fourth-order valence-electron chi connectivity index (χ4n) is 4.88. The number of carbonyl (C=O) groups is 2. The van der Waals surface area contributed by atoms with Crippen molar-refractivity contribution in [1.29, 1.82) is 0 Å². The summed E-state index contributed by atoms with van der Waals surface area (Å²) in [4.78, 5) is 40.5. The Morgan fingerprint density at radius 2 is 1.57 bits per heavy atom. The first kappa shape index (κ1) is 34.1. The van der Waals surface area contributed by atoms with E-state index in [2.05, 4.69) is 5.32 Å². The Labute approximate surface area is 273 Å².